The summed E-state index contributed by atoms with van der Waals surface area (Å²) in [5.74, 6) is -1.60. The van der Waals surface area contributed by atoms with Gasteiger partial charge < -0.3 is 10.6 Å². The molecule has 120 valence electrons. The van der Waals surface area contributed by atoms with Crippen LogP contribution in [0.2, 0.25) is 0 Å². The molecular formula is C18H19FN2O2. The summed E-state index contributed by atoms with van der Waals surface area (Å²) < 4.78 is 13.6. The summed E-state index contributed by atoms with van der Waals surface area (Å²) in [6, 6.07) is 10.5. The number of anilines is 1. The van der Waals surface area contributed by atoms with Gasteiger partial charge in [-0.25, -0.2) is 4.39 Å². The molecule has 2 aromatic rings. The van der Waals surface area contributed by atoms with Gasteiger partial charge in [-0.3, -0.25) is 9.59 Å². The first kappa shape index (κ1) is 16.7. The molecule has 23 heavy (non-hydrogen) atoms. The zero-order chi connectivity index (χ0) is 17.0. The highest BCUT2D eigenvalue weighted by molar-refractivity contribution is 6.01. The van der Waals surface area contributed by atoms with Crippen LogP contribution >= 0.6 is 0 Å². The first-order chi connectivity index (χ1) is 10.9. The van der Waals surface area contributed by atoms with Crippen LogP contribution in [0.3, 0.4) is 0 Å². The Morgan fingerprint density at radius 1 is 1.04 bits per heavy atom. The fourth-order valence-corrected chi connectivity index (χ4v) is 2.11. The van der Waals surface area contributed by atoms with E-state index in [4.69, 9.17) is 0 Å². The Balaban J connectivity index is 2.04. The first-order valence-corrected chi connectivity index (χ1v) is 7.32. The molecule has 0 aliphatic rings. The van der Waals surface area contributed by atoms with E-state index < -0.39 is 17.8 Å². The summed E-state index contributed by atoms with van der Waals surface area (Å²) in [5.41, 5.74) is 2.64. The Morgan fingerprint density at radius 2 is 1.74 bits per heavy atom. The summed E-state index contributed by atoms with van der Waals surface area (Å²) in [4.78, 5) is 24.2. The van der Waals surface area contributed by atoms with Crippen LogP contribution in [0.4, 0.5) is 10.1 Å². The van der Waals surface area contributed by atoms with E-state index in [0.717, 1.165) is 11.1 Å². The van der Waals surface area contributed by atoms with E-state index in [9.17, 15) is 14.0 Å². The number of rotatable bonds is 4. The van der Waals surface area contributed by atoms with Crippen molar-refractivity contribution in [2.24, 2.45) is 0 Å². The van der Waals surface area contributed by atoms with E-state index in [2.05, 4.69) is 10.6 Å². The van der Waals surface area contributed by atoms with Crippen molar-refractivity contribution in [3.8, 4) is 0 Å². The van der Waals surface area contributed by atoms with Gasteiger partial charge in [0.15, 0.2) is 0 Å². The summed E-state index contributed by atoms with van der Waals surface area (Å²) in [5, 5.41) is 5.27. The Bertz CT molecular complexity index is 744. The van der Waals surface area contributed by atoms with E-state index in [-0.39, 0.29) is 11.5 Å². The lowest BCUT2D eigenvalue weighted by atomic mass is 10.1. The molecule has 0 heterocycles. The minimum absolute atomic E-state index is 0.0844. The van der Waals surface area contributed by atoms with Crippen molar-refractivity contribution in [1.82, 2.24) is 5.32 Å². The van der Waals surface area contributed by atoms with Gasteiger partial charge in [0.2, 0.25) is 5.91 Å². The third kappa shape index (κ3) is 3.94. The van der Waals surface area contributed by atoms with Gasteiger partial charge in [-0.2, -0.15) is 0 Å². The van der Waals surface area contributed by atoms with Crippen LogP contribution in [-0.4, -0.2) is 17.9 Å². The standard InChI is InChI=1S/C18H19FN2O2/c1-11-7-6-10-16(12(11)2)21-17(22)13(3)20-18(23)14-8-4-5-9-15(14)19/h4-10,13H,1-3H3,(H,20,23)(H,21,22)/t13-/m1/s1. The molecule has 2 amide bonds. The quantitative estimate of drug-likeness (QED) is 0.910. The van der Waals surface area contributed by atoms with Crippen molar-refractivity contribution in [1.29, 1.82) is 0 Å². The molecule has 1 atom stereocenters. The number of aryl methyl sites for hydroxylation is 1. The fourth-order valence-electron chi connectivity index (χ4n) is 2.11. The largest absolute Gasteiger partial charge is 0.340 e. The SMILES string of the molecule is Cc1cccc(NC(=O)[C@@H](C)NC(=O)c2ccccc2F)c1C. The fraction of sp³-hybridized carbons (Fsp3) is 0.222. The molecule has 0 unspecified atom stereocenters. The molecule has 0 fully saturated rings. The molecule has 5 heteroatoms. The van der Waals surface area contributed by atoms with Crippen LogP contribution < -0.4 is 10.6 Å². The second kappa shape index (κ2) is 7.05. The third-order valence-corrected chi connectivity index (χ3v) is 3.72. The van der Waals surface area contributed by atoms with Crippen molar-refractivity contribution >= 4 is 17.5 Å². The zero-order valence-electron chi connectivity index (χ0n) is 13.3. The lowest BCUT2D eigenvalue weighted by Gasteiger charge is -2.16. The van der Waals surface area contributed by atoms with Gasteiger partial charge in [0.1, 0.15) is 11.9 Å². The Labute approximate surface area is 134 Å². The smallest absolute Gasteiger partial charge is 0.254 e. The number of benzene rings is 2. The summed E-state index contributed by atoms with van der Waals surface area (Å²) >= 11 is 0. The Kier molecular flexibility index (Phi) is 5.11. The van der Waals surface area contributed by atoms with Gasteiger partial charge in [-0.05, 0) is 50.1 Å². The van der Waals surface area contributed by atoms with Gasteiger partial charge in [-0.1, -0.05) is 24.3 Å². The minimum Gasteiger partial charge on any atom is -0.340 e. The summed E-state index contributed by atoms with van der Waals surface area (Å²) in [6.45, 7) is 5.42. The van der Waals surface area contributed by atoms with Crippen LogP contribution in [-0.2, 0) is 4.79 Å². The number of carbonyl (C=O) groups is 2. The molecule has 0 aliphatic carbocycles. The van der Waals surface area contributed by atoms with Gasteiger partial charge in [-0.15, -0.1) is 0 Å². The number of halogens is 1. The lowest BCUT2D eigenvalue weighted by Crippen LogP contribution is -2.42. The van der Waals surface area contributed by atoms with Crippen molar-refractivity contribution in [3.63, 3.8) is 0 Å². The number of hydrogen-bond donors (Lipinski definition) is 2. The summed E-state index contributed by atoms with van der Waals surface area (Å²) in [7, 11) is 0. The zero-order valence-corrected chi connectivity index (χ0v) is 13.3. The van der Waals surface area contributed by atoms with Crippen molar-refractivity contribution in [2.45, 2.75) is 26.8 Å². The van der Waals surface area contributed by atoms with Crippen molar-refractivity contribution in [3.05, 3.63) is 65.0 Å². The second-order valence-electron chi connectivity index (χ2n) is 5.41. The van der Waals surface area contributed by atoms with E-state index in [1.54, 1.807) is 19.1 Å². The van der Waals surface area contributed by atoms with Crippen LogP contribution in [0.15, 0.2) is 42.5 Å². The Hall–Kier alpha value is -2.69. The summed E-state index contributed by atoms with van der Waals surface area (Å²) in [6.07, 6.45) is 0. The van der Waals surface area contributed by atoms with Crippen molar-refractivity contribution in [2.75, 3.05) is 5.32 Å². The molecule has 0 aromatic heterocycles. The molecule has 4 nitrogen and oxygen atoms in total. The monoisotopic (exact) mass is 314 g/mol. The molecule has 0 saturated heterocycles. The number of amides is 2. The highest BCUT2D eigenvalue weighted by atomic mass is 19.1. The maximum Gasteiger partial charge on any atom is 0.254 e. The number of nitrogens with one attached hydrogen (secondary N) is 2. The topological polar surface area (TPSA) is 58.2 Å². The molecular weight excluding hydrogens is 295 g/mol. The molecule has 2 N–H and O–H groups in total. The molecule has 0 radical (unpaired) electrons. The average molecular weight is 314 g/mol. The van der Waals surface area contributed by atoms with Crippen LogP contribution in [0, 0.1) is 19.7 Å². The van der Waals surface area contributed by atoms with Crippen LogP contribution in [0.25, 0.3) is 0 Å². The molecule has 0 bridgehead atoms. The molecule has 0 spiro atoms. The minimum atomic E-state index is -0.790. The predicted molar refractivity (Wildman–Crippen MR) is 87.9 cm³/mol. The molecule has 2 rings (SSSR count). The molecule has 0 saturated carbocycles. The maximum absolute atomic E-state index is 13.6. The molecule has 0 aliphatic heterocycles. The Morgan fingerprint density at radius 3 is 2.43 bits per heavy atom. The second-order valence-corrected chi connectivity index (χ2v) is 5.41. The van der Waals surface area contributed by atoms with Gasteiger partial charge >= 0.3 is 0 Å². The van der Waals surface area contributed by atoms with Gasteiger partial charge in [0.25, 0.3) is 5.91 Å². The maximum atomic E-state index is 13.6. The average Bonchev–Trinajstić information content (AvgIpc) is 2.52. The van der Waals surface area contributed by atoms with Gasteiger partial charge in [0.05, 0.1) is 5.56 Å². The highest BCUT2D eigenvalue weighted by Crippen LogP contribution is 2.18. The predicted octanol–water partition coefficient (Wildman–Crippen LogP) is 3.20. The van der Waals surface area contributed by atoms with E-state index >= 15 is 0 Å². The van der Waals surface area contributed by atoms with E-state index in [1.165, 1.54) is 18.2 Å². The van der Waals surface area contributed by atoms with Crippen LogP contribution in [0.5, 0.6) is 0 Å². The van der Waals surface area contributed by atoms with Crippen LogP contribution in [0.1, 0.15) is 28.4 Å². The first-order valence-electron chi connectivity index (χ1n) is 7.32. The highest BCUT2D eigenvalue weighted by Gasteiger charge is 2.19. The van der Waals surface area contributed by atoms with Crippen molar-refractivity contribution < 1.29 is 14.0 Å². The lowest BCUT2D eigenvalue weighted by molar-refractivity contribution is -0.117. The normalized spacial score (nSPS) is 11.7. The number of carbonyl (C=O) groups excluding carboxylic acids is 2. The van der Waals surface area contributed by atoms with Gasteiger partial charge in [0, 0.05) is 5.69 Å². The van der Waals surface area contributed by atoms with E-state index in [1.807, 2.05) is 26.0 Å². The number of hydrogen-bond acceptors (Lipinski definition) is 2. The van der Waals surface area contributed by atoms with E-state index in [0.29, 0.717) is 5.69 Å². The molecule has 2 aromatic carbocycles. The third-order valence-electron chi connectivity index (χ3n) is 3.72.